The first-order valence-corrected chi connectivity index (χ1v) is 7.61. The molecule has 0 fully saturated rings. The Morgan fingerprint density at radius 1 is 1.35 bits per heavy atom. The monoisotopic (exact) mass is 365 g/mol. The molecule has 1 aromatic heterocycles. The number of carbonyl (C=O) groups is 1. The van der Waals surface area contributed by atoms with Gasteiger partial charge in [-0.1, -0.05) is 23.4 Å². The maximum absolute atomic E-state index is 12.1. The van der Waals surface area contributed by atoms with Gasteiger partial charge in [0, 0.05) is 10.6 Å². The lowest BCUT2D eigenvalue weighted by Crippen LogP contribution is -2.37. The molecule has 1 atom stereocenters. The van der Waals surface area contributed by atoms with E-state index >= 15 is 0 Å². The molecule has 0 aliphatic rings. The molecule has 0 radical (unpaired) electrons. The maximum atomic E-state index is 12.1. The molecule has 0 aliphatic carbocycles. The molecule has 5 nitrogen and oxygen atoms in total. The molecule has 10 heteroatoms. The fraction of sp³-hybridized carbons (Fsp3) is 0.308. The summed E-state index contributed by atoms with van der Waals surface area (Å²) in [5.74, 6) is -0.536. The van der Waals surface area contributed by atoms with E-state index in [1.165, 1.54) is 6.92 Å². The van der Waals surface area contributed by atoms with Gasteiger partial charge in [-0.2, -0.15) is 13.2 Å². The predicted octanol–water partition coefficient (Wildman–Crippen LogP) is 3.55. The van der Waals surface area contributed by atoms with Crippen molar-refractivity contribution < 1.29 is 22.4 Å². The summed E-state index contributed by atoms with van der Waals surface area (Å²) in [6.07, 6.45) is -4.45. The zero-order valence-electron chi connectivity index (χ0n) is 11.7. The maximum Gasteiger partial charge on any atom is 0.405 e. The van der Waals surface area contributed by atoms with Gasteiger partial charge in [-0.05, 0) is 31.2 Å². The number of nitrogens with zero attached hydrogens (tertiary/aromatic N) is 2. The first kappa shape index (κ1) is 17.6. The second-order valence-corrected chi connectivity index (χ2v) is 6.20. The molecule has 23 heavy (non-hydrogen) atoms. The number of thioether (sulfide) groups is 1. The minimum atomic E-state index is -4.45. The zero-order chi connectivity index (χ0) is 17.0. The van der Waals surface area contributed by atoms with E-state index in [9.17, 15) is 18.0 Å². The summed E-state index contributed by atoms with van der Waals surface area (Å²) in [6, 6.07) is 6.68. The Morgan fingerprint density at radius 3 is 2.61 bits per heavy atom. The highest BCUT2D eigenvalue weighted by Crippen LogP contribution is 2.27. The van der Waals surface area contributed by atoms with Crippen LogP contribution < -0.4 is 5.32 Å². The molecule has 1 unspecified atom stereocenters. The van der Waals surface area contributed by atoms with Crippen LogP contribution in [0.5, 0.6) is 0 Å². The van der Waals surface area contributed by atoms with Crippen molar-refractivity contribution in [1.82, 2.24) is 15.5 Å². The van der Waals surface area contributed by atoms with Crippen LogP contribution in [-0.2, 0) is 4.79 Å². The Bertz CT molecular complexity index is 676. The third kappa shape index (κ3) is 5.43. The number of hydrogen-bond acceptors (Lipinski definition) is 5. The Balaban J connectivity index is 1.95. The van der Waals surface area contributed by atoms with E-state index in [0.717, 1.165) is 11.8 Å². The Kier molecular flexibility index (Phi) is 5.53. The normalized spacial score (nSPS) is 12.9. The van der Waals surface area contributed by atoms with Gasteiger partial charge in [-0.15, -0.1) is 10.2 Å². The number of halogens is 4. The molecule has 1 amide bonds. The minimum absolute atomic E-state index is 0.0876. The van der Waals surface area contributed by atoms with Crippen LogP contribution >= 0.6 is 23.4 Å². The van der Waals surface area contributed by atoms with Crippen LogP contribution in [0, 0.1) is 0 Å². The number of benzene rings is 1. The number of amides is 1. The van der Waals surface area contributed by atoms with Crippen LogP contribution in [-0.4, -0.2) is 34.1 Å². The van der Waals surface area contributed by atoms with Crippen molar-refractivity contribution in [1.29, 1.82) is 0 Å². The minimum Gasteiger partial charge on any atom is -0.411 e. The molecule has 0 saturated carbocycles. The van der Waals surface area contributed by atoms with Gasteiger partial charge in [-0.25, -0.2) is 0 Å². The van der Waals surface area contributed by atoms with Gasteiger partial charge in [0.25, 0.3) is 5.22 Å². The summed E-state index contributed by atoms with van der Waals surface area (Å²) < 4.78 is 41.5. The molecule has 1 aromatic carbocycles. The SMILES string of the molecule is CC(Sc1nnc(-c2ccc(Cl)cc2)o1)C(=O)NCC(F)(F)F. The molecular formula is C13H11ClF3N3O2S. The summed E-state index contributed by atoms with van der Waals surface area (Å²) in [4.78, 5) is 11.6. The zero-order valence-corrected chi connectivity index (χ0v) is 13.3. The lowest BCUT2D eigenvalue weighted by atomic mass is 10.2. The van der Waals surface area contributed by atoms with Gasteiger partial charge in [0.2, 0.25) is 11.8 Å². The third-order valence-electron chi connectivity index (χ3n) is 2.61. The molecule has 2 aromatic rings. The van der Waals surface area contributed by atoms with Crippen LogP contribution in [0.15, 0.2) is 33.9 Å². The Labute approximate surface area is 138 Å². The van der Waals surface area contributed by atoms with E-state index in [0.29, 0.717) is 10.6 Å². The number of hydrogen-bond donors (Lipinski definition) is 1. The second kappa shape index (κ2) is 7.22. The molecule has 124 valence electrons. The average Bonchev–Trinajstić information content (AvgIpc) is 2.93. The van der Waals surface area contributed by atoms with Crippen molar-refractivity contribution in [3.8, 4) is 11.5 Å². The van der Waals surface area contributed by atoms with E-state index in [1.54, 1.807) is 29.6 Å². The van der Waals surface area contributed by atoms with E-state index in [4.69, 9.17) is 16.0 Å². The standard InChI is InChI=1S/C13H11ClF3N3O2S/c1-7(10(21)18-6-13(15,16)17)23-12-20-19-11(22-12)8-2-4-9(14)5-3-8/h2-5,7H,6H2,1H3,(H,18,21). The van der Waals surface area contributed by atoms with Gasteiger partial charge >= 0.3 is 6.18 Å². The lowest BCUT2D eigenvalue weighted by molar-refractivity contribution is -0.137. The number of nitrogens with one attached hydrogen (secondary N) is 1. The van der Waals surface area contributed by atoms with Crippen molar-refractivity contribution in [2.75, 3.05) is 6.54 Å². The van der Waals surface area contributed by atoms with Crippen LogP contribution in [0.4, 0.5) is 13.2 Å². The van der Waals surface area contributed by atoms with E-state index < -0.39 is 23.9 Å². The van der Waals surface area contributed by atoms with Crippen LogP contribution in [0.3, 0.4) is 0 Å². The molecule has 1 heterocycles. The van der Waals surface area contributed by atoms with Crippen molar-refractivity contribution in [3.63, 3.8) is 0 Å². The molecule has 2 rings (SSSR count). The van der Waals surface area contributed by atoms with Gasteiger partial charge in [0.15, 0.2) is 0 Å². The summed E-state index contributed by atoms with van der Waals surface area (Å²) in [5, 5.41) is 9.21. The predicted molar refractivity (Wildman–Crippen MR) is 79.1 cm³/mol. The molecule has 0 aliphatic heterocycles. The fourth-order valence-corrected chi connectivity index (χ4v) is 2.34. The van der Waals surface area contributed by atoms with Crippen molar-refractivity contribution in [3.05, 3.63) is 29.3 Å². The van der Waals surface area contributed by atoms with Crippen molar-refractivity contribution in [2.24, 2.45) is 0 Å². The smallest absolute Gasteiger partial charge is 0.405 e. The third-order valence-corrected chi connectivity index (χ3v) is 3.79. The highest BCUT2D eigenvalue weighted by atomic mass is 35.5. The first-order valence-electron chi connectivity index (χ1n) is 6.35. The van der Waals surface area contributed by atoms with Crippen molar-refractivity contribution >= 4 is 29.3 Å². The second-order valence-electron chi connectivity index (χ2n) is 4.47. The summed E-state index contributed by atoms with van der Waals surface area (Å²) in [5.41, 5.74) is 0.642. The number of aromatic nitrogens is 2. The molecule has 0 spiro atoms. The van der Waals surface area contributed by atoms with E-state index in [1.807, 2.05) is 0 Å². The number of alkyl halides is 3. The highest BCUT2D eigenvalue weighted by Gasteiger charge is 2.29. The van der Waals surface area contributed by atoms with Gasteiger partial charge < -0.3 is 9.73 Å². The topological polar surface area (TPSA) is 68.0 Å². The molecule has 0 saturated heterocycles. The van der Waals surface area contributed by atoms with Gasteiger partial charge in [-0.3, -0.25) is 4.79 Å². The quantitative estimate of drug-likeness (QED) is 0.821. The molecule has 0 bridgehead atoms. The largest absolute Gasteiger partial charge is 0.411 e. The van der Waals surface area contributed by atoms with E-state index in [2.05, 4.69) is 10.2 Å². The van der Waals surface area contributed by atoms with Crippen LogP contribution in [0.2, 0.25) is 5.02 Å². The van der Waals surface area contributed by atoms with Crippen molar-refractivity contribution in [2.45, 2.75) is 23.6 Å². The van der Waals surface area contributed by atoms with Crippen LogP contribution in [0.1, 0.15) is 6.92 Å². The van der Waals surface area contributed by atoms with Crippen LogP contribution in [0.25, 0.3) is 11.5 Å². The summed E-state index contributed by atoms with van der Waals surface area (Å²) in [7, 11) is 0. The lowest BCUT2D eigenvalue weighted by Gasteiger charge is -2.11. The summed E-state index contributed by atoms with van der Waals surface area (Å²) in [6.45, 7) is 0.0686. The fourth-order valence-electron chi connectivity index (χ4n) is 1.50. The average molecular weight is 366 g/mol. The summed E-state index contributed by atoms with van der Waals surface area (Å²) >= 11 is 6.65. The molecule has 1 N–H and O–H groups in total. The Hall–Kier alpha value is -1.74. The highest BCUT2D eigenvalue weighted by molar-refractivity contribution is 8.00. The van der Waals surface area contributed by atoms with E-state index in [-0.39, 0.29) is 11.1 Å². The van der Waals surface area contributed by atoms with Gasteiger partial charge in [0.05, 0.1) is 5.25 Å². The Morgan fingerprint density at radius 2 is 2.00 bits per heavy atom. The first-order chi connectivity index (χ1) is 10.7. The number of rotatable bonds is 5. The number of carbonyl (C=O) groups excluding carboxylic acids is 1. The van der Waals surface area contributed by atoms with Gasteiger partial charge in [0.1, 0.15) is 6.54 Å². The molecular weight excluding hydrogens is 355 g/mol.